The number of quaternary nitrogens is 1. The Hall–Kier alpha value is 0.660. The molecule has 3 heteroatoms. The molecule has 11 heavy (non-hydrogen) atoms. The van der Waals surface area contributed by atoms with Gasteiger partial charge in [-0.05, 0) is 6.08 Å². The van der Waals surface area contributed by atoms with Gasteiger partial charge in [0.25, 0.3) is 0 Å². The second-order valence-electron chi connectivity index (χ2n) is 3.20. The van der Waals surface area contributed by atoms with Crippen LogP contribution < -0.4 is 17.0 Å². The van der Waals surface area contributed by atoms with Gasteiger partial charge in [-0.25, -0.2) is 0 Å². The minimum absolute atomic E-state index is 0. The first-order valence-corrected chi connectivity index (χ1v) is 4.93. The zero-order valence-corrected chi connectivity index (χ0v) is 10.1. The molecule has 0 saturated carbocycles. The molecule has 1 rings (SSSR count). The van der Waals surface area contributed by atoms with E-state index in [4.69, 9.17) is 0 Å². The summed E-state index contributed by atoms with van der Waals surface area (Å²) in [7, 11) is 2.32. The van der Waals surface area contributed by atoms with Crippen LogP contribution >= 0.6 is 15.9 Å². The van der Waals surface area contributed by atoms with Gasteiger partial charge in [0.05, 0.1) is 32.0 Å². The highest BCUT2D eigenvalue weighted by Crippen LogP contribution is 2.10. The van der Waals surface area contributed by atoms with Gasteiger partial charge < -0.3 is 21.5 Å². The van der Waals surface area contributed by atoms with E-state index in [9.17, 15) is 0 Å². The highest BCUT2D eigenvalue weighted by atomic mass is 79.9. The highest BCUT2D eigenvalue weighted by Gasteiger charge is 2.19. The Balaban J connectivity index is 0.000001000. The molecule has 1 aliphatic heterocycles. The first-order valence-electron chi connectivity index (χ1n) is 3.81. The number of halogens is 2. The summed E-state index contributed by atoms with van der Waals surface area (Å²) < 4.78 is 1.21. The third-order valence-corrected chi connectivity index (χ3v) is 2.53. The van der Waals surface area contributed by atoms with Gasteiger partial charge in [-0.15, -0.1) is 0 Å². The average Bonchev–Trinajstić information content (AvgIpc) is 1.89. The largest absolute Gasteiger partial charge is 1.00 e. The lowest BCUT2D eigenvalue weighted by Crippen LogP contribution is -3.00. The fourth-order valence-electron chi connectivity index (χ4n) is 1.33. The van der Waals surface area contributed by atoms with Crippen molar-refractivity contribution in [3.63, 3.8) is 0 Å². The van der Waals surface area contributed by atoms with E-state index in [1.807, 2.05) is 0 Å². The van der Waals surface area contributed by atoms with Crippen molar-refractivity contribution in [2.75, 3.05) is 32.0 Å². The average molecular weight is 285 g/mol. The summed E-state index contributed by atoms with van der Waals surface area (Å²) >= 11 is 3.48. The Bertz CT molecular complexity index is 136. The fraction of sp³-hybridized carbons (Fsp3) is 0.750. The zero-order chi connectivity index (χ0) is 7.45. The van der Waals surface area contributed by atoms with E-state index >= 15 is 0 Å². The fourth-order valence-corrected chi connectivity index (χ4v) is 2.19. The van der Waals surface area contributed by atoms with Crippen molar-refractivity contribution in [1.29, 1.82) is 0 Å². The number of nitrogens with zero attached hydrogens (tertiary/aromatic N) is 1. The van der Waals surface area contributed by atoms with Crippen LogP contribution in [0.1, 0.15) is 6.42 Å². The van der Waals surface area contributed by atoms with E-state index in [0.717, 1.165) is 5.33 Å². The van der Waals surface area contributed by atoms with Crippen molar-refractivity contribution in [2.24, 2.45) is 0 Å². The standard InChI is InChI=1S/C8H15BrN.BrH/c1-10(8-5-9)6-3-2-4-7-10;/h2-3H,4-8H2,1H3;1H/q+1;/p-1. The molecule has 66 valence electrons. The second kappa shape index (κ2) is 5.33. The summed E-state index contributed by atoms with van der Waals surface area (Å²) in [5, 5.41) is 1.12. The lowest BCUT2D eigenvalue weighted by molar-refractivity contribution is -0.902. The van der Waals surface area contributed by atoms with E-state index in [1.54, 1.807) is 0 Å². The maximum Gasteiger partial charge on any atom is 0.0972 e. The van der Waals surface area contributed by atoms with E-state index in [0.29, 0.717) is 0 Å². The summed E-state index contributed by atoms with van der Waals surface area (Å²) in [5.74, 6) is 0. The third kappa shape index (κ3) is 3.72. The molecule has 0 radical (unpaired) electrons. The van der Waals surface area contributed by atoms with Gasteiger partial charge in [-0.2, -0.15) is 0 Å². The second-order valence-corrected chi connectivity index (χ2v) is 3.99. The van der Waals surface area contributed by atoms with Gasteiger partial charge in [0.2, 0.25) is 0 Å². The summed E-state index contributed by atoms with van der Waals surface area (Å²) in [6, 6.07) is 0. The molecule has 0 aromatic carbocycles. The lowest BCUT2D eigenvalue weighted by Gasteiger charge is -2.34. The van der Waals surface area contributed by atoms with E-state index in [1.165, 1.54) is 30.5 Å². The molecule has 0 aromatic rings. The van der Waals surface area contributed by atoms with Crippen LogP contribution in [0.15, 0.2) is 12.2 Å². The van der Waals surface area contributed by atoms with Gasteiger partial charge in [0, 0.05) is 6.42 Å². The Labute approximate surface area is 87.9 Å². The van der Waals surface area contributed by atoms with Crippen molar-refractivity contribution in [3.05, 3.63) is 12.2 Å². The predicted octanol–water partition coefficient (Wildman–Crippen LogP) is -1.21. The smallest absolute Gasteiger partial charge is 0.0972 e. The van der Waals surface area contributed by atoms with Gasteiger partial charge in [-0.3, -0.25) is 0 Å². The molecule has 0 aliphatic carbocycles. The van der Waals surface area contributed by atoms with Crippen LogP contribution in [0.25, 0.3) is 0 Å². The maximum atomic E-state index is 3.48. The third-order valence-electron chi connectivity index (χ3n) is 2.17. The molecule has 0 aromatic heterocycles. The molecule has 1 heterocycles. The monoisotopic (exact) mass is 283 g/mol. The van der Waals surface area contributed by atoms with Crippen LogP contribution in [0.2, 0.25) is 0 Å². The molecular weight excluding hydrogens is 270 g/mol. The predicted molar refractivity (Wildman–Crippen MR) is 48.3 cm³/mol. The van der Waals surface area contributed by atoms with Crippen molar-refractivity contribution >= 4 is 15.9 Å². The highest BCUT2D eigenvalue weighted by molar-refractivity contribution is 9.09. The minimum atomic E-state index is 0. The zero-order valence-electron chi connectivity index (χ0n) is 6.89. The summed E-state index contributed by atoms with van der Waals surface area (Å²) in [5.41, 5.74) is 0. The molecule has 0 fully saturated rings. The van der Waals surface area contributed by atoms with Crippen LogP contribution in [-0.2, 0) is 0 Å². The molecule has 0 spiro atoms. The maximum absolute atomic E-state index is 3.48. The normalized spacial score (nSPS) is 29.6. The van der Waals surface area contributed by atoms with Crippen molar-refractivity contribution < 1.29 is 21.5 Å². The molecule has 1 nitrogen and oxygen atoms in total. The molecule has 0 amide bonds. The van der Waals surface area contributed by atoms with Crippen LogP contribution in [0.5, 0.6) is 0 Å². The summed E-state index contributed by atoms with van der Waals surface area (Å²) in [6.45, 7) is 3.78. The van der Waals surface area contributed by atoms with Gasteiger partial charge >= 0.3 is 0 Å². The Morgan fingerprint density at radius 3 is 2.64 bits per heavy atom. The summed E-state index contributed by atoms with van der Waals surface area (Å²) in [4.78, 5) is 0. The minimum Gasteiger partial charge on any atom is -1.00 e. The van der Waals surface area contributed by atoms with Crippen LogP contribution in [0, 0.1) is 0 Å². The van der Waals surface area contributed by atoms with E-state index < -0.39 is 0 Å². The molecule has 0 N–H and O–H groups in total. The number of rotatable bonds is 2. The van der Waals surface area contributed by atoms with Crippen LogP contribution in [-0.4, -0.2) is 36.5 Å². The van der Waals surface area contributed by atoms with Gasteiger partial charge in [-0.1, -0.05) is 22.0 Å². The quantitative estimate of drug-likeness (QED) is 0.339. The molecule has 1 aliphatic rings. The molecule has 0 bridgehead atoms. The number of hydrogen-bond acceptors (Lipinski definition) is 0. The Kier molecular flexibility index (Phi) is 5.65. The first kappa shape index (κ1) is 11.7. The SMILES string of the molecule is C[N+]1(CCBr)CC=CCC1.[Br-]. The molecular formula is C8H15Br2N. The van der Waals surface area contributed by atoms with Gasteiger partial charge in [0.1, 0.15) is 0 Å². The van der Waals surface area contributed by atoms with Crippen LogP contribution in [0.4, 0.5) is 0 Å². The van der Waals surface area contributed by atoms with E-state index in [2.05, 4.69) is 35.1 Å². The number of hydrogen-bond donors (Lipinski definition) is 0. The number of likely N-dealkylation sites (N-methyl/N-ethyl adjacent to an activating group) is 1. The lowest BCUT2D eigenvalue weighted by atomic mass is 10.2. The molecule has 1 atom stereocenters. The molecule has 1 unspecified atom stereocenters. The number of alkyl halides is 1. The first-order chi connectivity index (χ1) is 4.77. The Morgan fingerprint density at radius 1 is 1.45 bits per heavy atom. The molecule has 0 saturated heterocycles. The van der Waals surface area contributed by atoms with Crippen molar-refractivity contribution in [1.82, 2.24) is 0 Å². The topological polar surface area (TPSA) is 0 Å². The van der Waals surface area contributed by atoms with Crippen molar-refractivity contribution in [2.45, 2.75) is 6.42 Å². The Morgan fingerprint density at radius 2 is 2.18 bits per heavy atom. The summed E-state index contributed by atoms with van der Waals surface area (Å²) in [6.07, 6.45) is 5.84. The van der Waals surface area contributed by atoms with E-state index in [-0.39, 0.29) is 17.0 Å². The van der Waals surface area contributed by atoms with Gasteiger partial charge in [0.15, 0.2) is 0 Å². The van der Waals surface area contributed by atoms with Crippen LogP contribution in [0.3, 0.4) is 0 Å². The van der Waals surface area contributed by atoms with Crippen molar-refractivity contribution in [3.8, 4) is 0 Å².